The summed E-state index contributed by atoms with van der Waals surface area (Å²) >= 11 is 0. The highest BCUT2D eigenvalue weighted by Crippen LogP contribution is 2.29. The van der Waals surface area contributed by atoms with E-state index in [1.807, 2.05) is 29.3 Å². The third kappa shape index (κ3) is 2.88. The fourth-order valence-electron chi connectivity index (χ4n) is 3.51. The number of aromatic nitrogens is 7. The summed E-state index contributed by atoms with van der Waals surface area (Å²) in [4.78, 5) is 6.54. The number of aliphatic hydroxyl groups is 1. The van der Waals surface area contributed by atoms with E-state index in [-0.39, 0.29) is 12.6 Å². The van der Waals surface area contributed by atoms with Crippen molar-refractivity contribution in [3.63, 3.8) is 0 Å². The molecule has 0 aliphatic carbocycles. The molecule has 10 nitrogen and oxygen atoms in total. The number of rotatable bonds is 4. The second kappa shape index (κ2) is 6.98. The van der Waals surface area contributed by atoms with Gasteiger partial charge in [0, 0.05) is 49.0 Å². The molecule has 1 fully saturated rings. The normalized spacial score (nSPS) is 17.3. The number of aliphatic hydroxyl groups excluding tert-OH is 1. The van der Waals surface area contributed by atoms with Crippen molar-refractivity contribution in [1.82, 2.24) is 40.5 Å². The fraction of sp³-hybridized carbons (Fsp3) is 0.278. The summed E-state index contributed by atoms with van der Waals surface area (Å²) < 4.78 is 1.79. The molecule has 3 aromatic heterocycles. The van der Waals surface area contributed by atoms with Crippen molar-refractivity contribution >= 4 is 16.9 Å². The summed E-state index contributed by atoms with van der Waals surface area (Å²) in [5, 5.41) is 33.8. The largest absolute Gasteiger partial charge is 0.395 e. The highest BCUT2D eigenvalue weighted by molar-refractivity contribution is 5.97. The van der Waals surface area contributed by atoms with Crippen molar-refractivity contribution < 1.29 is 5.11 Å². The number of H-pyrrole nitrogens is 1. The van der Waals surface area contributed by atoms with Gasteiger partial charge in [-0.05, 0) is 18.2 Å². The van der Waals surface area contributed by atoms with E-state index in [1.165, 1.54) is 0 Å². The summed E-state index contributed by atoms with van der Waals surface area (Å²) in [6.45, 7) is 2.30. The van der Waals surface area contributed by atoms with Crippen molar-refractivity contribution in [2.24, 2.45) is 0 Å². The van der Waals surface area contributed by atoms with Crippen molar-refractivity contribution in [3.05, 3.63) is 43.0 Å². The highest BCUT2D eigenvalue weighted by atomic mass is 16.3. The number of benzene rings is 1. The Labute approximate surface area is 160 Å². The molecule has 4 aromatic rings. The molecule has 0 amide bonds. The molecular formula is C18H19N9O. The molecule has 1 unspecified atom stereocenters. The van der Waals surface area contributed by atoms with E-state index in [2.05, 4.69) is 35.8 Å². The lowest BCUT2D eigenvalue weighted by Crippen LogP contribution is -2.52. The lowest BCUT2D eigenvalue weighted by atomic mass is 10.1. The van der Waals surface area contributed by atoms with Gasteiger partial charge < -0.3 is 15.3 Å². The summed E-state index contributed by atoms with van der Waals surface area (Å²) in [5.41, 5.74) is 3.37. The summed E-state index contributed by atoms with van der Waals surface area (Å²) in [6.07, 6.45) is 7.13. The van der Waals surface area contributed by atoms with Gasteiger partial charge in [0.1, 0.15) is 5.69 Å². The minimum atomic E-state index is 0.0254. The molecule has 1 saturated heterocycles. The molecule has 0 bridgehead atoms. The van der Waals surface area contributed by atoms with Crippen LogP contribution in [0.4, 0.5) is 5.95 Å². The van der Waals surface area contributed by atoms with Crippen LogP contribution in [0.15, 0.2) is 43.0 Å². The second-order valence-corrected chi connectivity index (χ2v) is 6.66. The molecule has 1 atom stereocenters. The van der Waals surface area contributed by atoms with Crippen LogP contribution >= 0.6 is 0 Å². The molecule has 0 saturated carbocycles. The first kappa shape index (κ1) is 16.8. The van der Waals surface area contributed by atoms with E-state index in [9.17, 15) is 5.11 Å². The SMILES string of the molecule is OCC1CN(c2ncc(-c3ccc(-n4cccn4)c4[nH]ncc34)nn2)CCN1. The molecule has 1 aromatic carbocycles. The Balaban J connectivity index is 1.48. The van der Waals surface area contributed by atoms with Crippen LogP contribution in [0.1, 0.15) is 0 Å². The molecular weight excluding hydrogens is 358 g/mol. The first-order valence-electron chi connectivity index (χ1n) is 9.09. The van der Waals surface area contributed by atoms with Crippen LogP contribution in [0, 0.1) is 0 Å². The standard InChI is InChI=1S/C18H19N9O/c28-11-12-10-26(7-5-19-12)18-20-9-15(23-25-18)13-2-3-16(27-6-1-4-22-27)17-14(13)8-21-24-17/h1-4,6,8-9,12,19,28H,5,7,10-11H2,(H,21,24). The Hall–Kier alpha value is -3.37. The number of nitrogens with zero attached hydrogens (tertiary/aromatic N) is 7. The van der Waals surface area contributed by atoms with E-state index in [0.717, 1.165) is 35.2 Å². The van der Waals surface area contributed by atoms with Crippen LogP contribution in [-0.2, 0) is 0 Å². The zero-order valence-electron chi connectivity index (χ0n) is 15.0. The maximum atomic E-state index is 9.36. The smallest absolute Gasteiger partial charge is 0.245 e. The zero-order chi connectivity index (χ0) is 18.9. The lowest BCUT2D eigenvalue weighted by molar-refractivity contribution is 0.235. The van der Waals surface area contributed by atoms with Gasteiger partial charge in [0.05, 0.1) is 30.2 Å². The third-order valence-corrected chi connectivity index (χ3v) is 4.93. The number of hydrogen-bond donors (Lipinski definition) is 3. The fourth-order valence-corrected chi connectivity index (χ4v) is 3.51. The molecule has 142 valence electrons. The minimum Gasteiger partial charge on any atom is -0.395 e. The maximum absolute atomic E-state index is 9.36. The van der Waals surface area contributed by atoms with Gasteiger partial charge in [-0.2, -0.15) is 10.2 Å². The van der Waals surface area contributed by atoms with E-state index >= 15 is 0 Å². The Morgan fingerprint density at radius 3 is 2.96 bits per heavy atom. The number of nitrogens with one attached hydrogen (secondary N) is 2. The molecule has 28 heavy (non-hydrogen) atoms. The Morgan fingerprint density at radius 1 is 1.21 bits per heavy atom. The Kier molecular flexibility index (Phi) is 4.18. The summed E-state index contributed by atoms with van der Waals surface area (Å²) in [5.74, 6) is 0.570. The lowest BCUT2D eigenvalue weighted by Gasteiger charge is -2.32. The zero-order valence-corrected chi connectivity index (χ0v) is 15.0. The highest BCUT2D eigenvalue weighted by Gasteiger charge is 2.21. The van der Waals surface area contributed by atoms with Crippen molar-refractivity contribution in [3.8, 4) is 16.9 Å². The molecule has 0 radical (unpaired) electrons. The molecule has 3 N–H and O–H groups in total. The number of anilines is 1. The van der Waals surface area contributed by atoms with Gasteiger partial charge in [-0.15, -0.1) is 10.2 Å². The van der Waals surface area contributed by atoms with Crippen LogP contribution in [0.5, 0.6) is 0 Å². The average Bonchev–Trinajstić information content (AvgIpc) is 3.45. The Morgan fingerprint density at radius 2 is 2.18 bits per heavy atom. The van der Waals surface area contributed by atoms with Crippen molar-refractivity contribution in [2.75, 3.05) is 31.1 Å². The van der Waals surface area contributed by atoms with E-state index in [0.29, 0.717) is 18.2 Å². The van der Waals surface area contributed by atoms with Gasteiger partial charge in [0.15, 0.2) is 0 Å². The molecule has 0 spiro atoms. The van der Waals surface area contributed by atoms with Crippen LogP contribution in [0.25, 0.3) is 27.8 Å². The van der Waals surface area contributed by atoms with Crippen LogP contribution in [-0.4, -0.2) is 72.5 Å². The predicted octanol–water partition coefficient (Wildman–Crippen LogP) is 0.371. The van der Waals surface area contributed by atoms with Gasteiger partial charge in [-0.1, -0.05) is 0 Å². The summed E-state index contributed by atoms with van der Waals surface area (Å²) in [6, 6.07) is 5.85. The molecule has 10 heteroatoms. The van der Waals surface area contributed by atoms with Crippen molar-refractivity contribution in [2.45, 2.75) is 6.04 Å². The quantitative estimate of drug-likeness (QED) is 0.467. The van der Waals surface area contributed by atoms with E-state index in [4.69, 9.17) is 0 Å². The van der Waals surface area contributed by atoms with E-state index in [1.54, 1.807) is 23.3 Å². The van der Waals surface area contributed by atoms with Gasteiger partial charge in [-0.3, -0.25) is 5.10 Å². The Bertz CT molecular complexity index is 1070. The van der Waals surface area contributed by atoms with Gasteiger partial charge >= 0.3 is 0 Å². The predicted molar refractivity (Wildman–Crippen MR) is 103 cm³/mol. The van der Waals surface area contributed by atoms with Crippen LogP contribution in [0.3, 0.4) is 0 Å². The van der Waals surface area contributed by atoms with E-state index < -0.39 is 0 Å². The average molecular weight is 377 g/mol. The van der Waals surface area contributed by atoms with Crippen molar-refractivity contribution in [1.29, 1.82) is 0 Å². The van der Waals surface area contributed by atoms with Crippen LogP contribution in [0.2, 0.25) is 0 Å². The molecule has 5 rings (SSSR count). The molecule has 4 heterocycles. The third-order valence-electron chi connectivity index (χ3n) is 4.93. The minimum absolute atomic E-state index is 0.0254. The monoisotopic (exact) mass is 377 g/mol. The first-order valence-corrected chi connectivity index (χ1v) is 9.09. The maximum Gasteiger partial charge on any atom is 0.245 e. The summed E-state index contributed by atoms with van der Waals surface area (Å²) in [7, 11) is 0. The number of piperazine rings is 1. The van der Waals surface area contributed by atoms with Gasteiger partial charge in [0.25, 0.3) is 0 Å². The van der Waals surface area contributed by atoms with Gasteiger partial charge in [0.2, 0.25) is 5.95 Å². The van der Waals surface area contributed by atoms with Gasteiger partial charge in [-0.25, -0.2) is 9.67 Å². The molecule has 1 aliphatic rings. The first-order chi connectivity index (χ1) is 13.8. The number of fused-ring (bicyclic) bond motifs is 1. The number of aromatic amines is 1. The molecule has 1 aliphatic heterocycles. The topological polar surface area (TPSA) is 121 Å². The second-order valence-electron chi connectivity index (χ2n) is 6.66. The van der Waals surface area contributed by atoms with Crippen LogP contribution < -0.4 is 10.2 Å². The number of hydrogen-bond acceptors (Lipinski definition) is 8.